The first kappa shape index (κ1) is 30.6. The molecule has 1 aliphatic carbocycles. The first-order valence-corrected chi connectivity index (χ1v) is 15.8. The third-order valence-electron chi connectivity index (χ3n) is 7.95. The van der Waals surface area contributed by atoms with Crippen LogP contribution < -0.4 is 9.64 Å². The van der Waals surface area contributed by atoms with Crippen molar-refractivity contribution in [2.75, 3.05) is 10.7 Å². The number of hydrogen-bond acceptors (Lipinski definition) is 6. The van der Waals surface area contributed by atoms with Crippen LogP contribution in [0, 0.1) is 12.8 Å². The number of hydrogen-bond donors (Lipinski definition) is 0. The van der Waals surface area contributed by atoms with Gasteiger partial charge in [-0.15, -0.1) is 5.10 Å². The molecule has 2 aliphatic rings. The summed E-state index contributed by atoms with van der Waals surface area (Å²) < 4.78 is 32.3. The Balaban J connectivity index is 1.08. The molecule has 2 atom stereocenters. The fourth-order valence-corrected chi connectivity index (χ4v) is 6.70. The van der Waals surface area contributed by atoms with Crippen molar-refractivity contribution in [2.45, 2.75) is 58.5 Å². The number of carbonyl (C=O) groups is 2. The molecule has 1 saturated heterocycles. The fraction of sp³-hybridized carbons (Fsp3) is 0.324. The van der Waals surface area contributed by atoms with Gasteiger partial charge in [0.25, 0.3) is 0 Å². The average Bonchev–Trinajstić information content (AvgIpc) is 3.38. The highest BCUT2D eigenvalue weighted by Gasteiger charge is 2.40. The third-order valence-corrected chi connectivity index (χ3v) is 8.88. The molecule has 3 aromatic carbocycles. The van der Waals surface area contributed by atoms with Crippen molar-refractivity contribution in [1.29, 1.82) is 0 Å². The maximum atomic E-state index is 13.1. The number of benzene rings is 3. The molecule has 4 aromatic rings. The number of anilines is 1. The van der Waals surface area contributed by atoms with Crippen molar-refractivity contribution >= 4 is 34.4 Å². The molecule has 0 bridgehead atoms. The largest absolute Gasteiger partial charge is 0.433 e. The summed E-state index contributed by atoms with van der Waals surface area (Å²) >= 11 is 1.31. The standard InChI is InChI=1S/C34H33F2N5O3S/c1-20(2)31-21(3)6-5-7-28(31)41-30(43)18-45-33(41)38-29(42)17-24-16-27(24)22-8-10-23(11-9-22)32-37-19-40(39-32)25-12-14-26(15-13-25)44-34(4,35)36/h5-15,19-20,24,27H,16-18H2,1-4H3. The predicted molar refractivity (Wildman–Crippen MR) is 171 cm³/mol. The molecule has 2 fully saturated rings. The second kappa shape index (κ2) is 12.2. The minimum absolute atomic E-state index is 0.0606. The van der Waals surface area contributed by atoms with E-state index >= 15 is 0 Å². The Morgan fingerprint density at radius 2 is 1.84 bits per heavy atom. The van der Waals surface area contributed by atoms with Gasteiger partial charge in [0.2, 0.25) is 11.8 Å². The second-order valence-corrected chi connectivity index (χ2v) is 12.8. The Labute approximate surface area is 264 Å². The molecule has 0 spiro atoms. The van der Waals surface area contributed by atoms with Crippen molar-refractivity contribution in [3.05, 3.63) is 89.7 Å². The molecule has 2 unspecified atom stereocenters. The second-order valence-electron chi connectivity index (χ2n) is 11.8. The molecule has 1 aromatic heterocycles. The Bertz CT molecular complexity index is 1760. The molecule has 8 nitrogen and oxygen atoms in total. The Morgan fingerprint density at radius 3 is 2.53 bits per heavy atom. The molecule has 2 amide bonds. The van der Waals surface area contributed by atoms with Crippen LogP contribution in [-0.2, 0) is 9.59 Å². The number of aliphatic imine (C=N–C) groups is 1. The summed E-state index contributed by atoms with van der Waals surface area (Å²) in [7, 11) is 0. The lowest BCUT2D eigenvalue weighted by Gasteiger charge is -2.23. The molecule has 0 radical (unpaired) electrons. The van der Waals surface area contributed by atoms with Gasteiger partial charge in [0.1, 0.15) is 12.1 Å². The van der Waals surface area contributed by atoms with Gasteiger partial charge < -0.3 is 4.74 Å². The van der Waals surface area contributed by atoms with E-state index in [0.717, 1.165) is 34.4 Å². The SMILES string of the molecule is Cc1cccc(N2C(=O)CSC2=NC(=O)CC2CC2c2ccc(-c3ncn(-c4ccc(OC(C)(F)F)cc4)n3)cc2)c1C(C)C. The van der Waals surface area contributed by atoms with E-state index in [0.29, 0.717) is 30.0 Å². The molecule has 2 heterocycles. The zero-order valence-electron chi connectivity index (χ0n) is 25.4. The number of aryl methyl sites for hydroxylation is 1. The van der Waals surface area contributed by atoms with Crippen LogP contribution in [0.2, 0.25) is 0 Å². The zero-order chi connectivity index (χ0) is 31.9. The van der Waals surface area contributed by atoms with Crippen molar-refractivity contribution in [3.8, 4) is 22.8 Å². The van der Waals surface area contributed by atoms with Crippen LogP contribution in [0.15, 0.2) is 78.0 Å². The van der Waals surface area contributed by atoms with Crippen LogP contribution in [0.1, 0.15) is 62.1 Å². The summed E-state index contributed by atoms with van der Waals surface area (Å²) in [5.41, 5.74) is 5.64. The van der Waals surface area contributed by atoms with Crippen LogP contribution >= 0.6 is 11.8 Å². The van der Waals surface area contributed by atoms with Gasteiger partial charge in [-0.25, -0.2) is 9.67 Å². The maximum absolute atomic E-state index is 13.1. The number of thioether (sulfide) groups is 1. The minimum Gasteiger partial charge on any atom is -0.433 e. The number of ether oxygens (including phenoxy) is 1. The Hall–Kier alpha value is -4.38. The van der Waals surface area contributed by atoms with E-state index in [1.54, 1.807) is 28.0 Å². The van der Waals surface area contributed by atoms with Gasteiger partial charge in [-0.2, -0.15) is 13.8 Å². The smallest absolute Gasteiger partial charge is 0.394 e. The number of carbonyl (C=O) groups excluding carboxylic acids is 2. The molecule has 11 heteroatoms. The van der Waals surface area contributed by atoms with E-state index in [-0.39, 0.29) is 41.1 Å². The average molecular weight is 630 g/mol. The highest BCUT2D eigenvalue weighted by Crippen LogP contribution is 2.50. The van der Waals surface area contributed by atoms with Crippen LogP contribution in [-0.4, -0.2) is 43.6 Å². The summed E-state index contributed by atoms with van der Waals surface area (Å²) in [6, 6.07) is 20.1. The van der Waals surface area contributed by atoms with Gasteiger partial charge in [-0.3, -0.25) is 14.5 Å². The van der Waals surface area contributed by atoms with Gasteiger partial charge >= 0.3 is 6.11 Å². The summed E-state index contributed by atoms with van der Waals surface area (Å²) in [4.78, 5) is 36.3. The number of nitrogens with zero attached hydrogens (tertiary/aromatic N) is 5. The van der Waals surface area contributed by atoms with Crippen LogP contribution in [0.25, 0.3) is 17.1 Å². The number of amidine groups is 1. The molecule has 232 valence electrons. The molecule has 0 N–H and O–H groups in total. The first-order chi connectivity index (χ1) is 21.5. The molecule has 1 aliphatic heterocycles. The van der Waals surface area contributed by atoms with Gasteiger partial charge in [0.05, 0.1) is 17.1 Å². The maximum Gasteiger partial charge on any atom is 0.394 e. The van der Waals surface area contributed by atoms with E-state index < -0.39 is 6.11 Å². The molecule has 45 heavy (non-hydrogen) atoms. The fourth-order valence-electron chi connectivity index (χ4n) is 5.82. The van der Waals surface area contributed by atoms with E-state index in [2.05, 4.69) is 33.7 Å². The van der Waals surface area contributed by atoms with Crippen LogP contribution in [0.3, 0.4) is 0 Å². The number of rotatable bonds is 9. The topological polar surface area (TPSA) is 89.7 Å². The molecule has 1 saturated carbocycles. The lowest BCUT2D eigenvalue weighted by molar-refractivity contribution is -0.159. The predicted octanol–water partition coefficient (Wildman–Crippen LogP) is 7.51. The van der Waals surface area contributed by atoms with E-state index in [1.165, 1.54) is 23.9 Å². The van der Waals surface area contributed by atoms with Crippen molar-refractivity contribution < 1.29 is 23.1 Å². The van der Waals surface area contributed by atoms with Gasteiger partial charge in [0, 0.05) is 18.9 Å². The lowest BCUT2D eigenvalue weighted by atomic mass is 9.95. The normalized spacial score (nSPS) is 19.0. The van der Waals surface area contributed by atoms with E-state index in [1.807, 2.05) is 49.4 Å². The minimum atomic E-state index is -3.25. The number of aromatic nitrogens is 3. The Kier molecular flexibility index (Phi) is 8.30. The molecule has 6 rings (SSSR count). The van der Waals surface area contributed by atoms with Crippen LogP contribution in [0.4, 0.5) is 14.5 Å². The number of alkyl halides is 2. The quantitative estimate of drug-likeness (QED) is 0.190. The highest BCUT2D eigenvalue weighted by molar-refractivity contribution is 8.15. The number of halogens is 2. The van der Waals surface area contributed by atoms with Gasteiger partial charge in [-0.05, 0) is 78.1 Å². The molecular weight excluding hydrogens is 596 g/mol. The van der Waals surface area contributed by atoms with Crippen LogP contribution in [0.5, 0.6) is 5.75 Å². The van der Waals surface area contributed by atoms with E-state index in [9.17, 15) is 18.4 Å². The number of amides is 2. The highest BCUT2D eigenvalue weighted by atomic mass is 32.2. The third kappa shape index (κ3) is 6.83. The first-order valence-electron chi connectivity index (χ1n) is 14.8. The summed E-state index contributed by atoms with van der Waals surface area (Å²) in [5, 5.41) is 4.98. The van der Waals surface area contributed by atoms with Crippen molar-refractivity contribution in [1.82, 2.24) is 14.8 Å². The van der Waals surface area contributed by atoms with Gasteiger partial charge in [0.15, 0.2) is 11.0 Å². The van der Waals surface area contributed by atoms with Crippen molar-refractivity contribution in [2.24, 2.45) is 10.9 Å². The summed E-state index contributed by atoms with van der Waals surface area (Å²) in [5.74, 6) is 1.28. The van der Waals surface area contributed by atoms with Crippen molar-refractivity contribution in [3.63, 3.8) is 0 Å². The zero-order valence-corrected chi connectivity index (χ0v) is 26.2. The molecular formula is C34H33F2N5O3S. The summed E-state index contributed by atoms with van der Waals surface area (Å²) in [6.45, 7) is 6.93. The monoisotopic (exact) mass is 629 g/mol. The summed E-state index contributed by atoms with van der Waals surface area (Å²) in [6.07, 6.45) is -0.458. The van der Waals surface area contributed by atoms with Gasteiger partial charge in [-0.1, -0.05) is 62.0 Å². The Morgan fingerprint density at radius 1 is 1.11 bits per heavy atom. The van der Waals surface area contributed by atoms with E-state index in [4.69, 9.17) is 0 Å². The lowest BCUT2D eigenvalue weighted by Crippen LogP contribution is -2.31.